The van der Waals surface area contributed by atoms with Crippen molar-refractivity contribution in [1.82, 2.24) is 0 Å². The molecule has 2 aromatic rings. The number of hydrogen-bond acceptors (Lipinski definition) is 1. The van der Waals surface area contributed by atoms with E-state index in [0.29, 0.717) is 16.6 Å². The Hall–Kier alpha value is -1.26. The minimum Gasteiger partial charge on any atom is -0.372 e. The van der Waals surface area contributed by atoms with Crippen molar-refractivity contribution in [2.75, 3.05) is 0 Å². The zero-order valence-corrected chi connectivity index (χ0v) is 11.1. The fraction of sp³-hybridized carbons (Fsp3) is 0.143. The first-order chi connectivity index (χ1) is 8.66. The normalized spacial score (nSPS) is 10.6. The predicted molar refractivity (Wildman–Crippen MR) is 69.0 cm³/mol. The molecule has 1 nitrogen and oxygen atoms in total. The highest BCUT2D eigenvalue weighted by atomic mass is 79.9. The Morgan fingerprint density at radius 2 is 1.72 bits per heavy atom. The summed E-state index contributed by atoms with van der Waals surface area (Å²) < 4.78 is 32.1. The van der Waals surface area contributed by atoms with E-state index in [1.165, 1.54) is 12.1 Å². The summed E-state index contributed by atoms with van der Waals surface area (Å²) >= 11 is 3.10. The number of ether oxygens (including phenoxy) is 1. The van der Waals surface area contributed by atoms with E-state index in [-0.39, 0.29) is 18.2 Å². The van der Waals surface area contributed by atoms with Crippen LogP contribution in [0.15, 0.2) is 46.9 Å². The van der Waals surface area contributed by atoms with E-state index in [0.717, 1.165) is 5.56 Å². The molecule has 0 saturated carbocycles. The van der Waals surface area contributed by atoms with E-state index in [1.807, 2.05) is 0 Å². The summed E-state index contributed by atoms with van der Waals surface area (Å²) in [4.78, 5) is 0. The molecule has 0 fully saturated rings. The third-order valence-corrected chi connectivity index (χ3v) is 3.08. The van der Waals surface area contributed by atoms with Crippen molar-refractivity contribution in [3.05, 3.63) is 69.7 Å². The quantitative estimate of drug-likeness (QED) is 0.810. The van der Waals surface area contributed by atoms with Crippen LogP contribution in [0, 0.1) is 11.6 Å². The van der Waals surface area contributed by atoms with Gasteiger partial charge in [0.15, 0.2) is 0 Å². The first-order valence-electron chi connectivity index (χ1n) is 5.42. The van der Waals surface area contributed by atoms with Crippen molar-refractivity contribution in [3.8, 4) is 0 Å². The number of rotatable bonds is 4. The second-order valence-corrected chi connectivity index (χ2v) is 4.69. The third kappa shape index (κ3) is 3.37. The van der Waals surface area contributed by atoms with Crippen LogP contribution in [0.5, 0.6) is 0 Å². The van der Waals surface area contributed by atoms with Crippen molar-refractivity contribution in [2.24, 2.45) is 0 Å². The number of hydrogen-bond donors (Lipinski definition) is 0. The molecule has 0 radical (unpaired) electrons. The molecule has 0 aliphatic heterocycles. The van der Waals surface area contributed by atoms with Crippen LogP contribution >= 0.6 is 15.9 Å². The van der Waals surface area contributed by atoms with Crippen LogP contribution in [0.25, 0.3) is 0 Å². The molecule has 4 heteroatoms. The number of halogens is 3. The molecule has 0 bridgehead atoms. The Bertz CT molecular complexity index is 543. The average Bonchev–Trinajstić information content (AvgIpc) is 2.36. The summed E-state index contributed by atoms with van der Waals surface area (Å²) in [7, 11) is 0. The van der Waals surface area contributed by atoms with Gasteiger partial charge in [-0.1, -0.05) is 24.3 Å². The molecule has 18 heavy (non-hydrogen) atoms. The summed E-state index contributed by atoms with van der Waals surface area (Å²) in [5, 5.41) is 0. The van der Waals surface area contributed by atoms with Gasteiger partial charge in [0.2, 0.25) is 0 Å². The lowest BCUT2D eigenvalue weighted by Crippen LogP contribution is -1.97. The zero-order chi connectivity index (χ0) is 13.0. The lowest BCUT2D eigenvalue weighted by molar-refractivity contribution is 0.105. The third-order valence-electron chi connectivity index (χ3n) is 2.47. The van der Waals surface area contributed by atoms with Gasteiger partial charge in [-0.05, 0) is 39.7 Å². The first kappa shape index (κ1) is 13.2. The van der Waals surface area contributed by atoms with Crippen molar-refractivity contribution in [3.63, 3.8) is 0 Å². The minimum atomic E-state index is -0.312. The molecule has 0 N–H and O–H groups in total. The maximum Gasteiger partial charge on any atom is 0.137 e. The Morgan fingerprint density at radius 3 is 2.44 bits per heavy atom. The lowest BCUT2D eigenvalue weighted by Gasteiger charge is -2.06. The molecule has 0 spiro atoms. The van der Waals surface area contributed by atoms with Gasteiger partial charge in [-0.15, -0.1) is 0 Å². The van der Waals surface area contributed by atoms with Gasteiger partial charge in [-0.2, -0.15) is 0 Å². The molecule has 0 aromatic heterocycles. The van der Waals surface area contributed by atoms with Gasteiger partial charge in [0, 0.05) is 5.56 Å². The average molecular weight is 313 g/mol. The maximum absolute atomic E-state index is 13.3. The second kappa shape index (κ2) is 6.07. The van der Waals surface area contributed by atoms with Gasteiger partial charge < -0.3 is 4.74 Å². The van der Waals surface area contributed by atoms with Crippen LogP contribution in [0.3, 0.4) is 0 Å². The first-order valence-corrected chi connectivity index (χ1v) is 6.21. The summed E-state index contributed by atoms with van der Waals surface area (Å²) in [6.07, 6.45) is 0. The topological polar surface area (TPSA) is 9.23 Å². The Kier molecular flexibility index (Phi) is 4.44. The maximum atomic E-state index is 13.3. The fourth-order valence-electron chi connectivity index (χ4n) is 1.52. The van der Waals surface area contributed by atoms with Gasteiger partial charge in [-0.25, -0.2) is 8.78 Å². The Balaban J connectivity index is 1.92. The fourth-order valence-corrected chi connectivity index (χ4v) is 1.95. The molecule has 94 valence electrons. The molecule has 0 atom stereocenters. The van der Waals surface area contributed by atoms with E-state index < -0.39 is 0 Å². The zero-order valence-electron chi connectivity index (χ0n) is 9.50. The summed E-state index contributed by atoms with van der Waals surface area (Å²) in [5.74, 6) is -0.592. The van der Waals surface area contributed by atoms with Gasteiger partial charge in [0.25, 0.3) is 0 Å². The molecule has 0 aliphatic rings. The van der Waals surface area contributed by atoms with Gasteiger partial charge in [0.05, 0.1) is 17.7 Å². The van der Waals surface area contributed by atoms with Crippen LogP contribution in [-0.2, 0) is 18.0 Å². The highest BCUT2D eigenvalue weighted by Gasteiger charge is 2.03. The molecular weight excluding hydrogens is 302 g/mol. The van der Waals surface area contributed by atoms with E-state index in [1.54, 1.807) is 30.3 Å². The summed E-state index contributed by atoms with van der Waals surface area (Å²) in [6.45, 7) is 0.509. The summed E-state index contributed by atoms with van der Waals surface area (Å²) in [6, 6.07) is 11.1. The van der Waals surface area contributed by atoms with Crippen LogP contribution in [0.1, 0.15) is 11.1 Å². The van der Waals surface area contributed by atoms with Crippen molar-refractivity contribution >= 4 is 15.9 Å². The molecule has 2 aromatic carbocycles. The molecular formula is C14H11BrF2O. The van der Waals surface area contributed by atoms with Gasteiger partial charge in [-0.3, -0.25) is 0 Å². The Labute approximate surface area is 113 Å². The molecule has 0 heterocycles. The highest BCUT2D eigenvalue weighted by molar-refractivity contribution is 9.10. The monoisotopic (exact) mass is 312 g/mol. The van der Waals surface area contributed by atoms with Crippen molar-refractivity contribution in [2.45, 2.75) is 13.2 Å². The lowest BCUT2D eigenvalue weighted by atomic mass is 10.2. The van der Waals surface area contributed by atoms with E-state index in [4.69, 9.17) is 4.74 Å². The van der Waals surface area contributed by atoms with Gasteiger partial charge in [0.1, 0.15) is 11.6 Å². The molecule has 0 aliphatic carbocycles. The molecule has 0 saturated heterocycles. The van der Waals surface area contributed by atoms with E-state index in [2.05, 4.69) is 15.9 Å². The van der Waals surface area contributed by atoms with Crippen molar-refractivity contribution < 1.29 is 13.5 Å². The SMILES string of the molecule is Fc1ccc(COCc2ccccc2F)cc1Br. The van der Waals surface area contributed by atoms with Crippen LogP contribution < -0.4 is 0 Å². The van der Waals surface area contributed by atoms with Crippen LogP contribution in [0.2, 0.25) is 0 Å². The molecule has 0 amide bonds. The van der Waals surface area contributed by atoms with E-state index in [9.17, 15) is 8.78 Å². The molecule has 0 unspecified atom stereocenters. The second-order valence-electron chi connectivity index (χ2n) is 3.83. The van der Waals surface area contributed by atoms with Gasteiger partial charge >= 0.3 is 0 Å². The van der Waals surface area contributed by atoms with Crippen LogP contribution in [0.4, 0.5) is 8.78 Å². The molecule has 2 rings (SSSR count). The summed E-state index contributed by atoms with van der Waals surface area (Å²) in [5.41, 5.74) is 1.35. The highest BCUT2D eigenvalue weighted by Crippen LogP contribution is 2.18. The Morgan fingerprint density at radius 1 is 0.944 bits per heavy atom. The number of benzene rings is 2. The standard InChI is InChI=1S/C14H11BrF2O/c15-12-7-10(5-6-14(12)17)8-18-9-11-3-1-2-4-13(11)16/h1-7H,8-9H2. The van der Waals surface area contributed by atoms with E-state index >= 15 is 0 Å². The smallest absolute Gasteiger partial charge is 0.137 e. The van der Waals surface area contributed by atoms with Crippen LogP contribution in [-0.4, -0.2) is 0 Å². The largest absolute Gasteiger partial charge is 0.372 e. The van der Waals surface area contributed by atoms with Crippen molar-refractivity contribution in [1.29, 1.82) is 0 Å². The predicted octanol–water partition coefficient (Wildman–Crippen LogP) is 4.44. The minimum absolute atomic E-state index is 0.196.